The van der Waals surface area contributed by atoms with Gasteiger partial charge in [0.1, 0.15) is 5.82 Å². The summed E-state index contributed by atoms with van der Waals surface area (Å²) in [6.07, 6.45) is 1.56. The summed E-state index contributed by atoms with van der Waals surface area (Å²) in [5, 5.41) is 9.36. The summed E-state index contributed by atoms with van der Waals surface area (Å²) < 4.78 is 18.6. The van der Waals surface area contributed by atoms with E-state index in [0.717, 1.165) is 0 Å². The number of carboxylic acids is 1. The summed E-state index contributed by atoms with van der Waals surface area (Å²) in [6, 6.07) is 9.32. The van der Waals surface area contributed by atoms with Gasteiger partial charge in [-0.05, 0) is 29.7 Å². The Labute approximate surface area is 115 Å². The molecule has 2 rings (SSSR count). The van der Waals surface area contributed by atoms with E-state index in [2.05, 4.69) is 4.98 Å². The van der Waals surface area contributed by atoms with Crippen LogP contribution in [-0.4, -0.2) is 23.2 Å². The number of aromatic nitrogens is 1. The van der Waals surface area contributed by atoms with Crippen molar-refractivity contribution < 1.29 is 19.0 Å². The zero-order valence-corrected chi connectivity index (χ0v) is 10.9. The Hall–Kier alpha value is -2.43. The van der Waals surface area contributed by atoms with Crippen molar-refractivity contribution in [1.82, 2.24) is 4.98 Å². The molecule has 0 spiro atoms. The van der Waals surface area contributed by atoms with E-state index in [4.69, 9.17) is 4.74 Å². The maximum absolute atomic E-state index is 13.6. The summed E-state index contributed by atoms with van der Waals surface area (Å²) in [5.74, 6) is -1.92. The van der Waals surface area contributed by atoms with Crippen molar-refractivity contribution in [1.29, 1.82) is 0 Å². The molecule has 2 aromatic rings. The molecule has 0 saturated carbocycles. The molecule has 0 aliphatic heterocycles. The molecule has 0 amide bonds. The first-order valence-electron chi connectivity index (χ1n) is 6.08. The van der Waals surface area contributed by atoms with Crippen LogP contribution in [0.15, 0.2) is 42.6 Å². The normalized spacial score (nSPS) is 11.9. The van der Waals surface area contributed by atoms with Gasteiger partial charge in [-0.15, -0.1) is 0 Å². The molecule has 0 fully saturated rings. The number of hydrogen-bond acceptors (Lipinski definition) is 3. The molecule has 0 radical (unpaired) electrons. The van der Waals surface area contributed by atoms with Crippen LogP contribution in [-0.2, 0) is 11.2 Å². The van der Waals surface area contributed by atoms with Gasteiger partial charge in [-0.25, -0.2) is 9.37 Å². The standard InChI is InChI=1S/C15H14FNO3/c1-20-14-9-10(6-7-17-14)12(15(18)19)8-11-4-2-3-5-13(11)16/h2-7,9,12H,8H2,1H3,(H,18,19). The fraction of sp³-hybridized carbons (Fsp3) is 0.200. The minimum absolute atomic E-state index is 0.0785. The van der Waals surface area contributed by atoms with Gasteiger partial charge in [-0.2, -0.15) is 0 Å². The second kappa shape index (κ2) is 6.14. The predicted molar refractivity (Wildman–Crippen MR) is 71.3 cm³/mol. The molecule has 1 unspecified atom stereocenters. The molecule has 1 aromatic carbocycles. The van der Waals surface area contributed by atoms with E-state index >= 15 is 0 Å². The lowest BCUT2D eigenvalue weighted by Crippen LogP contribution is -2.15. The molecule has 1 aromatic heterocycles. The third-order valence-corrected chi connectivity index (χ3v) is 3.05. The molecule has 0 aliphatic carbocycles. The molecule has 0 bridgehead atoms. The summed E-state index contributed by atoms with van der Waals surface area (Å²) >= 11 is 0. The van der Waals surface area contributed by atoms with E-state index in [0.29, 0.717) is 17.0 Å². The summed E-state index contributed by atoms with van der Waals surface area (Å²) in [4.78, 5) is 15.4. The number of benzene rings is 1. The number of ether oxygens (including phenoxy) is 1. The van der Waals surface area contributed by atoms with Crippen LogP contribution < -0.4 is 4.74 Å². The average Bonchev–Trinajstić information content (AvgIpc) is 2.46. The Bertz CT molecular complexity index is 616. The lowest BCUT2D eigenvalue weighted by molar-refractivity contribution is -0.138. The first-order chi connectivity index (χ1) is 9.61. The maximum atomic E-state index is 13.6. The minimum atomic E-state index is -1.01. The summed E-state index contributed by atoms with van der Waals surface area (Å²) in [6.45, 7) is 0. The number of rotatable bonds is 5. The van der Waals surface area contributed by atoms with Crippen molar-refractivity contribution in [2.45, 2.75) is 12.3 Å². The van der Waals surface area contributed by atoms with Gasteiger partial charge in [0.15, 0.2) is 0 Å². The van der Waals surface area contributed by atoms with Gasteiger partial charge in [-0.1, -0.05) is 18.2 Å². The first kappa shape index (κ1) is 14.0. The number of halogens is 1. The van der Waals surface area contributed by atoms with E-state index in [9.17, 15) is 14.3 Å². The maximum Gasteiger partial charge on any atom is 0.311 e. The Balaban J connectivity index is 2.32. The topological polar surface area (TPSA) is 59.4 Å². The second-order valence-electron chi connectivity index (χ2n) is 4.32. The summed E-state index contributed by atoms with van der Waals surface area (Å²) in [5.41, 5.74) is 0.906. The van der Waals surface area contributed by atoms with Crippen LogP contribution in [0.3, 0.4) is 0 Å². The van der Waals surface area contributed by atoms with Crippen LogP contribution in [0.25, 0.3) is 0 Å². The Morgan fingerprint density at radius 2 is 2.15 bits per heavy atom. The van der Waals surface area contributed by atoms with E-state index < -0.39 is 17.7 Å². The number of nitrogens with zero attached hydrogens (tertiary/aromatic N) is 1. The smallest absolute Gasteiger partial charge is 0.311 e. The molecule has 5 heteroatoms. The Kier molecular flexibility index (Phi) is 4.30. The third kappa shape index (κ3) is 3.12. The van der Waals surface area contributed by atoms with Crippen LogP contribution in [0.4, 0.5) is 4.39 Å². The molecule has 1 heterocycles. The van der Waals surface area contributed by atoms with E-state index in [1.807, 2.05) is 0 Å². The van der Waals surface area contributed by atoms with Gasteiger partial charge in [-0.3, -0.25) is 4.79 Å². The highest BCUT2D eigenvalue weighted by atomic mass is 19.1. The van der Waals surface area contributed by atoms with E-state index in [1.54, 1.807) is 30.3 Å². The largest absolute Gasteiger partial charge is 0.481 e. The SMILES string of the molecule is COc1cc(C(Cc2ccccc2F)C(=O)O)ccn1. The number of hydrogen-bond donors (Lipinski definition) is 1. The lowest BCUT2D eigenvalue weighted by Gasteiger charge is -2.14. The zero-order chi connectivity index (χ0) is 14.5. The molecule has 0 saturated heterocycles. The molecule has 0 aliphatic rings. The number of carboxylic acid groups (broad SMARTS) is 1. The van der Waals surface area contributed by atoms with Crippen molar-refractivity contribution in [2.24, 2.45) is 0 Å². The molecule has 104 valence electrons. The van der Waals surface area contributed by atoms with Crippen molar-refractivity contribution in [3.05, 3.63) is 59.5 Å². The first-order valence-corrected chi connectivity index (χ1v) is 6.08. The minimum Gasteiger partial charge on any atom is -0.481 e. The molecule has 1 atom stereocenters. The number of methoxy groups -OCH3 is 1. The molecule has 1 N–H and O–H groups in total. The monoisotopic (exact) mass is 275 g/mol. The number of carbonyl (C=O) groups is 1. The van der Waals surface area contributed by atoms with Crippen molar-refractivity contribution >= 4 is 5.97 Å². The van der Waals surface area contributed by atoms with Gasteiger partial charge < -0.3 is 9.84 Å². The van der Waals surface area contributed by atoms with Crippen LogP contribution in [0, 0.1) is 5.82 Å². The highest BCUT2D eigenvalue weighted by Crippen LogP contribution is 2.24. The molecule has 4 nitrogen and oxygen atoms in total. The molecular formula is C15H14FNO3. The van der Waals surface area contributed by atoms with Crippen molar-refractivity contribution in [3.8, 4) is 5.88 Å². The Morgan fingerprint density at radius 1 is 1.40 bits per heavy atom. The van der Waals surface area contributed by atoms with Crippen LogP contribution in [0.1, 0.15) is 17.0 Å². The van der Waals surface area contributed by atoms with Crippen molar-refractivity contribution in [3.63, 3.8) is 0 Å². The van der Waals surface area contributed by atoms with Crippen molar-refractivity contribution in [2.75, 3.05) is 7.11 Å². The van der Waals surface area contributed by atoms with Gasteiger partial charge in [0.25, 0.3) is 0 Å². The molecule has 20 heavy (non-hydrogen) atoms. The van der Waals surface area contributed by atoms with E-state index in [-0.39, 0.29) is 6.42 Å². The predicted octanol–water partition coefficient (Wildman–Crippen LogP) is 2.64. The van der Waals surface area contributed by atoms with Crippen LogP contribution >= 0.6 is 0 Å². The number of pyridine rings is 1. The second-order valence-corrected chi connectivity index (χ2v) is 4.32. The number of aliphatic carboxylic acids is 1. The fourth-order valence-corrected chi connectivity index (χ4v) is 1.98. The zero-order valence-electron chi connectivity index (χ0n) is 10.9. The van der Waals surface area contributed by atoms with Gasteiger partial charge in [0, 0.05) is 12.3 Å². The average molecular weight is 275 g/mol. The summed E-state index contributed by atoms with van der Waals surface area (Å²) in [7, 11) is 1.46. The fourth-order valence-electron chi connectivity index (χ4n) is 1.98. The quantitative estimate of drug-likeness (QED) is 0.911. The van der Waals surface area contributed by atoms with Gasteiger partial charge >= 0.3 is 5.97 Å². The third-order valence-electron chi connectivity index (χ3n) is 3.05. The van der Waals surface area contributed by atoms with Crippen LogP contribution in [0.5, 0.6) is 5.88 Å². The molecular weight excluding hydrogens is 261 g/mol. The van der Waals surface area contributed by atoms with E-state index in [1.165, 1.54) is 19.4 Å². The van der Waals surface area contributed by atoms with Crippen LogP contribution in [0.2, 0.25) is 0 Å². The lowest BCUT2D eigenvalue weighted by atomic mass is 9.92. The van der Waals surface area contributed by atoms with Gasteiger partial charge in [0.05, 0.1) is 13.0 Å². The highest BCUT2D eigenvalue weighted by molar-refractivity contribution is 5.76. The Morgan fingerprint density at radius 3 is 2.80 bits per heavy atom. The highest BCUT2D eigenvalue weighted by Gasteiger charge is 2.22. The van der Waals surface area contributed by atoms with Gasteiger partial charge in [0.2, 0.25) is 5.88 Å².